The van der Waals surface area contributed by atoms with Gasteiger partial charge in [0.1, 0.15) is 11.2 Å². The van der Waals surface area contributed by atoms with E-state index in [0.717, 1.165) is 15.6 Å². The van der Waals surface area contributed by atoms with Gasteiger partial charge < -0.3 is 5.32 Å². The summed E-state index contributed by atoms with van der Waals surface area (Å²) in [6.45, 7) is 1.61. The van der Waals surface area contributed by atoms with Crippen molar-refractivity contribution < 1.29 is 14.4 Å². The number of urea groups is 1. The highest BCUT2D eigenvalue weighted by Crippen LogP contribution is 2.30. The number of aromatic nitrogens is 2. The van der Waals surface area contributed by atoms with E-state index < -0.39 is 23.4 Å². The molecule has 0 spiro atoms. The molecule has 1 fully saturated rings. The van der Waals surface area contributed by atoms with Gasteiger partial charge in [-0.2, -0.15) is 10.1 Å². The summed E-state index contributed by atoms with van der Waals surface area (Å²) in [5, 5.41) is 9.90. The molecule has 2 aromatic carbocycles. The maximum atomic E-state index is 13.3. The minimum absolute atomic E-state index is 0.246. The Labute approximate surface area is 193 Å². The van der Waals surface area contributed by atoms with Crippen LogP contribution in [0.2, 0.25) is 0 Å². The topological polar surface area (TPSA) is 96.3 Å². The lowest BCUT2D eigenvalue weighted by molar-refractivity contribution is -0.132. The van der Waals surface area contributed by atoms with Crippen molar-refractivity contribution in [2.45, 2.75) is 12.5 Å². The van der Waals surface area contributed by atoms with Crippen molar-refractivity contribution in [1.82, 2.24) is 25.5 Å². The summed E-state index contributed by atoms with van der Waals surface area (Å²) in [7, 11) is 0. The third kappa shape index (κ3) is 3.58. The molecule has 1 aliphatic heterocycles. The van der Waals surface area contributed by atoms with Crippen LogP contribution in [0.25, 0.3) is 16.3 Å². The summed E-state index contributed by atoms with van der Waals surface area (Å²) in [5.41, 5.74) is 3.30. The summed E-state index contributed by atoms with van der Waals surface area (Å²) >= 11 is 1.44. The first-order chi connectivity index (χ1) is 16.0. The number of hydrazine groups is 1. The molecule has 4 amide bonds. The van der Waals surface area contributed by atoms with E-state index in [0.29, 0.717) is 11.3 Å². The number of amides is 4. The van der Waals surface area contributed by atoms with Crippen LogP contribution in [-0.4, -0.2) is 32.6 Å². The van der Waals surface area contributed by atoms with Gasteiger partial charge in [0, 0.05) is 6.20 Å². The zero-order chi connectivity index (χ0) is 23.0. The monoisotopic (exact) mass is 457 g/mol. The average Bonchev–Trinajstić information content (AvgIpc) is 3.56. The van der Waals surface area contributed by atoms with Gasteiger partial charge in [0.05, 0.1) is 16.1 Å². The van der Waals surface area contributed by atoms with Gasteiger partial charge in [-0.05, 0) is 36.1 Å². The highest BCUT2D eigenvalue weighted by atomic mass is 32.1. The van der Waals surface area contributed by atoms with Gasteiger partial charge in [-0.3, -0.25) is 15.0 Å². The number of nitrogens with zero attached hydrogens (tertiary/aromatic N) is 3. The number of para-hydroxylation sites is 1. The average molecular weight is 458 g/mol. The highest BCUT2D eigenvalue weighted by molar-refractivity contribution is 7.13. The maximum Gasteiger partial charge on any atom is 0.344 e. The molecule has 1 saturated heterocycles. The van der Waals surface area contributed by atoms with E-state index >= 15 is 0 Å². The zero-order valence-corrected chi connectivity index (χ0v) is 18.4. The highest BCUT2D eigenvalue weighted by Gasteiger charge is 2.50. The quantitative estimate of drug-likeness (QED) is 0.447. The Kier molecular flexibility index (Phi) is 5.02. The Balaban J connectivity index is 1.47. The van der Waals surface area contributed by atoms with Crippen LogP contribution in [-0.2, 0) is 10.3 Å². The Morgan fingerprint density at radius 2 is 1.70 bits per heavy atom. The maximum absolute atomic E-state index is 13.3. The van der Waals surface area contributed by atoms with E-state index in [-0.39, 0.29) is 5.56 Å². The van der Waals surface area contributed by atoms with Crippen LogP contribution in [0.15, 0.2) is 84.4 Å². The Hall–Kier alpha value is -4.24. The van der Waals surface area contributed by atoms with Gasteiger partial charge in [0.15, 0.2) is 0 Å². The van der Waals surface area contributed by atoms with Crippen molar-refractivity contribution in [2.24, 2.45) is 0 Å². The lowest BCUT2D eigenvalue weighted by Crippen LogP contribution is -2.48. The molecule has 1 aliphatic rings. The second kappa shape index (κ2) is 8.03. The smallest absolute Gasteiger partial charge is 0.318 e. The van der Waals surface area contributed by atoms with Crippen LogP contribution in [0.4, 0.5) is 4.79 Å². The Morgan fingerprint density at radius 1 is 1.00 bits per heavy atom. The number of carbonyl (C=O) groups excluding carboxylic acids is 3. The van der Waals surface area contributed by atoms with Crippen molar-refractivity contribution in [3.8, 4) is 16.3 Å². The molecule has 0 aliphatic carbocycles. The Bertz CT molecular complexity index is 1340. The van der Waals surface area contributed by atoms with E-state index in [1.807, 2.05) is 53.9 Å². The lowest BCUT2D eigenvalue weighted by atomic mass is 9.92. The largest absolute Gasteiger partial charge is 0.344 e. The van der Waals surface area contributed by atoms with Crippen LogP contribution >= 0.6 is 11.3 Å². The van der Waals surface area contributed by atoms with Crippen LogP contribution in [0.1, 0.15) is 22.8 Å². The molecule has 3 heterocycles. The number of nitrogens with one attached hydrogen (secondary N) is 2. The number of hydrogen-bond donors (Lipinski definition) is 2. The molecule has 164 valence electrons. The predicted octanol–water partition coefficient (Wildman–Crippen LogP) is 3.71. The van der Waals surface area contributed by atoms with Crippen molar-refractivity contribution in [1.29, 1.82) is 0 Å². The van der Waals surface area contributed by atoms with Crippen molar-refractivity contribution in [3.05, 3.63) is 95.5 Å². The lowest BCUT2D eigenvalue weighted by Gasteiger charge is -2.22. The molecule has 0 bridgehead atoms. The van der Waals surface area contributed by atoms with Crippen molar-refractivity contribution in [2.75, 3.05) is 0 Å². The molecule has 2 N–H and O–H groups in total. The standard InChI is InChI=1S/C24H19N5O3S/c1-24(16-9-4-2-5-10-16)22(31)29(23(32)25-24)27-21(30)18-15-28(17-11-6-3-7-12-17)26-20(18)19-13-8-14-33-19/h2-15H,1H3,(H,25,32)(H,27,30)/t24-/m0/s1. The van der Waals surface area contributed by atoms with E-state index in [4.69, 9.17) is 0 Å². The third-order valence-electron chi connectivity index (χ3n) is 5.49. The molecule has 1 atom stereocenters. The van der Waals surface area contributed by atoms with E-state index in [2.05, 4.69) is 15.8 Å². The first kappa shape index (κ1) is 20.7. The first-order valence-corrected chi connectivity index (χ1v) is 11.1. The Morgan fingerprint density at radius 3 is 2.36 bits per heavy atom. The molecular formula is C24H19N5O3S. The fourth-order valence-corrected chi connectivity index (χ4v) is 4.44. The van der Waals surface area contributed by atoms with Crippen molar-refractivity contribution >= 4 is 29.2 Å². The third-order valence-corrected chi connectivity index (χ3v) is 6.37. The molecule has 4 aromatic rings. The summed E-state index contributed by atoms with van der Waals surface area (Å²) in [6.07, 6.45) is 1.59. The molecule has 2 aromatic heterocycles. The SMILES string of the molecule is C[C@@]1(c2ccccc2)NC(=O)N(NC(=O)c2cn(-c3ccccc3)nc2-c2cccs2)C1=O. The number of hydrogen-bond acceptors (Lipinski definition) is 5. The number of rotatable bonds is 5. The van der Waals surface area contributed by atoms with E-state index in [1.165, 1.54) is 11.3 Å². The van der Waals surface area contributed by atoms with Gasteiger partial charge in [-0.15, -0.1) is 11.3 Å². The predicted molar refractivity (Wildman–Crippen MR) is 124 cm³/mol. The first-order valence-electron chi connectivity index (χ1n) is 10.2. The molecule has 33 heavy (non-hydrogen) atoms. The summed E-state index contributed by atoms with van der Waals surface area (Å²) < 4.78 is 1.60. The van der Waals surface area contributed by atoms with Gasteiger partial charge >= 0.3 is 6.03 Å². The van der Waals surface area contributed by atoms with Crippen LogP contribution < -0.4 is 10.7 Å². The fourth-order valence-electron chi connectivity index (χ4n) is 3.72. The summed E-state index contributed by atoms with van der Waals surface area (Å²) in [4.78, 5) is 39.9. The second-order valence-corrected chi connectivity index (χ2v) is 8.60. The normalized spacial score (nSPS) is 17.8. The molecule has 5 rings (SSSR count). The van der Waals surface area contributed by atoms with Gasteiger partial charge in [-0.1, -0.05) is 54.6 Å². The molecular weight excluding hydrogens is 438 g/mol. The molecule has 9 heteroatoms. The summed E-state index contributed by atoms with van der Waals surface area (Å²) in [6, 6.07) is 21.3. The molecule has 0 radical (unpaired) electrons. The number of benzene rings is 2. The van der Waals surface area contributed by atoms with E-state index in [1.54, 1.807) is 42.1 Å². The number of thiophene rings is 1. The minimum Gasteiger partial charge on any atom is -0.318 e. The molecule has 8 nitrogen and oxygen atoms in total. The van der Waals surface area contributed by atoms with Gasteiger partial charge in [-0.25, -0.2) is 9.48 Å². The number of carbonyl (C=O) groups is 3. The van der Waals surface area contributed by atoms with Crippen molar-refractivity contribution in [3.63, 3.8) is 0 Å². The number of imide groups is 1. The van der Waals surface area contributed by atoms with Crippen LogP contribution in [0.5, 0.6) is 0 Å². The zero-order valence-electron chi connectivity index (χ0n) is 17.6. The molecule has 0 unspecified atom stereocenters. The molecule has 0 saturated carbocycles. The van der Waals surface area contributed by atoms with E-state index in [9.17, 15) is 14.4 Å². The summed E-state index contributed by atoms with van der Waals surface area (Å²) in [5.74, 6) is -1.18. The second-order valence-electron chi connectivity index (χ2n) is 7.65. The van der Waals surface area contributed by atoms with Gasteiger partial charge in [0.2, 0.25) is 0 Å². The van der Waals surface area contributed by atoms with Crippen LogP contribution in [0.3, 0.4) is 0 Å². The fraction of sp³-hybridized carbons (Fsp3) is 0.0833. The van der Waals surface area contributed by atoms with Gasteiger partial charge in [0.25, 0.3) is 11.8 Å². The van der Waals surface area contributed by atoms with Crippen LogP contribution in [0, 0.1) is 0 Å². The minimum atomic E-state index is -1.28.